The molecule has 0 N–H and O–H groups in total. The van der Waals surface area contributed by atoms with Crippen LogP contribution < -0.4 is 12.6 Å². The number of hydrogen-bond donors (Lipinski definition) is 0. The molecule has 0 radical (unpaired) electrons. The molecule has 0 atom stereocenters. The van der Waals surface area contributed by atoms with Crippen LogP contribution in [-0.2, 0) is 12.5 Å². The molecule has 0 spiro atoms. The molecule has 0 saturated carbocycles. The zero-order chi connectivity index (χ0) is 23.1. The van der Waals surface area contributed by atoms with E-state index in [0.29, 0.717) is 0 Å². The molecule has 164 valence electrons. The van der Waals surface area contributed by atoms with E-state index in [2.05, 4.69) is 104 Å². The van der Waals surface area contributed by atoms with E-state index in [-0.39, 0.29) is 5.41 Å². The minimum absolute atomic E-state index is 0.0380. The summed E-state index contributed by atoms with van der Waals surface area (Å²) in [5.41, 5.74) is 9.07. The average Bonchev–Trinajstić information content (AvgIpc) is 3.23. The molecule has 3 aromatic carbocycles. The van der Waals surface area contributed by atoms with E-state index in [4.69, 9.17) is 4.74 Å². The number of methoxy groups -OCH3 is 1. The van der Waals surface area contributed by atoms with Gasteiger partial charge in [0.15, 0.2) is 0 Å². The van der Waals surface area contributed by atoms with Crippen LogP contribution in [0, 0.1) is 6.92 Å². The molecule has 6 rings (SSSR count). The fourth-order valence-electron chi connectivity index (χ4n) is 5.73. The molecule has 33 heavy (non-hydrogen) atoms. The van der Waals surface area contributed by atoms with Crippen molar-refractivity contribution >= 4 is 49.8 Å². The molecule has 5 aromatic rings. The predicted octanol–water partition coefficient (Wildman–Crippen LogP) is 4.49. The number of aromatic nitrogens is 2. The molecule has 4 heteroatoms. The number of aryl methyl sites for hydroxylation is 2. The van der Waals surface area contributed by atoms with Crippen molar-refractivity contribution in [3.05, 3.63) is 83.6 Å². The third kappa shape index (κ3) is 2.80. The predicted molar refractivity (Wildman–Crippen MR) is 139 cm³/mol. The molecule has 0 unspecified atom stereocenters. The molecule has 0 bridgehead atoms. The summed E-state index contributed by atoms with van der Waals surface area (Å²) in [5.74, 6) is 2.10. The van der Waals surface area contributed by atoms with Crippen molar-refractivity contribution in [2.75, 3.05) is 7.11 Å². The van der Waals surface area contributed by atoms with Gasteiger partial charge in [-0.2, -0.15) is 0 Å². The van der Waals surface area contributed by atoms with E-state index in [1.54, 1.807) is 7.11 Å². The molecule has 0 aliphatic heterocycles. The van der Waals surface area contributed by atoms with Crippen molar-refractivity contribution in [1.29, 1.82) is 0 Å². The van der Waals surface area contributed by atoms with Crippen LogP contribution in [0.15, 0.2) is 66.9 Å². The van der Waals surface area contributed by atoms with E-state index < -0.39 is 0 Å². The van der Waals surface area contributed by atoms with Crippen molar-refractivity contribution in [1.82, 2.24) is 4.57 Å². The maximum atomic E-state index is 5.73. The maximum absolute atomic E-state index is 5.73. The number of pyridine rings is 1. The Hall–Kier alpha value is -2.71. The van der Waals surface area contributed by atoms with Gasteiger partial charge in [-0.25, -0.2) is 0 Å². The molecule has 2 aromatic heterocycles. The first-order chi connectivity index (χ1) is 15.8. The Bertz CT molecular complexity index is 1610. The third-order valence-corrected chi connectivity index (χ3v) is 8.81. The first-order valence-corrected chi connectivity index (χ1v) is 13.6. The van der Waals surface area contributed by atoms with Gasteiger partial charge >= 0.3 is 210 Å². The number of fused-ring (bicyclic) bond motifs is 6. The molecule has 0 fully saturated rings. The van der Waals surface area contributed by atoms with Crippen LogP contribution in [0.1, 0.15) is 30.5 Å². The van der Waals surface area contributed by atoms with Crippen molar-refractivity contribution in [3.8, 4) is 22.7 Å². The van der Waals surface area contributed by atoms with Crippen LogP contribution in [0.25, 0.3) is 38.8 Å². The van der Waals surface area contributed by atoms with Crippen molar-refractivity contribution in [2.24, 2.45) is 7.05 Å². The zero-order valence-corrected chi connectivity index (χ0v) is 24.2. The molecule has 0 saturated heterocycles. The second kappa shape index (κ2) is 7.14. The second-order valence-electron chi connectivity index (χ2n) is 9.64. The number of ether oxygens (including phenoxy) is 1. The Morgan fingerprint density at radius 2 is 1.70 bits per heavy atom. The topological polar surface area (TPSA) is 18.0 Å². The number of rotatable bonds is 2. The summed E-state index contributed by atoms with van der Waals surface area (Å²) in [7, 11) is 3.92. The Kier molecular flexibility index (Phi) is 4.52. The summed E-state index contributed by atoms with van der Waals surface area (Å²) >= 11 is 0.813. The van der Waals surface area contributed by atoms with Gasteiger partial charge in [-0.05, 0) is 0 Å². The second-order valence-corrected chi connectivity index (χ2v) is 12.2. The van der Waals surface area contributed by atoms with E-state index in [9.17, 15) is 0 Å². The normalized spacial score (nSPS) is 14.0. The molecule has 1 aliphatic rings. The monoisotopic (exact) mass is 629 g/mol. The van der Waals surface area contributed by atoms with Crippen LogP contribution >= 0.6 is 0 Å². The Balaban J connectivity index is 1.74. The Morgan fingerprint density at radius 1 is 0.909 bits per heavy atom. The molecular weight excluding hydrogens is 601 g/mol. The van der Waals surface area contributed by atoms with E-state index in [1.165, 1.54) is 58.7 Å². The first kappa shape index (κ1) is 20.9. The van der Waals surface area contributed by atoms with Gasteiger partial charge in [-0.1, -0.05) is 0 Å². The minimum atomic E-state index is -0.0380. The summed E-state index contributed by atoms with van der Waals surface area (Å²) in [6.45, 7) is 6.86. The SMILES string of the molecule is COc1ccc2c3c[c]([BiH2])ccc3n(-c3cc4c(c[n+]3C)-c3ccccc3C4(C)C)c2c1C. The number of nitrogens with zero attached hydrogens (tertiary/aromatic N) is 2. The third-order valence-electron chi connectivity index (χ3n) is 7.42. The van der Waals surface area contributed by atoms with Crippen LogP contribution in [0.3, 0.4) is 0 Å². The summed E-state index contributed by atoms with van der Waals surface area (Å²) < 4.78 is 11.9. The van der Waals surface area contributed by atoms with E-state index in [0.717, 1.165) is 30.5 Å². The van der Waals surface area contributed by atoms with Crippen LogP contribution in [0.4, 0.5) is 0 Å². The molecule has 0 amide bonds. The molecule has 2 heterocycles. The van der Waals surface area contributed by atoms with Crippen LogP contribution in [-0.4, -0.2) is 36.4 Å². The molecular formula is C29H28BiN2O+. The molecule has 3 nitrogen and oxygen atoms in total. The summed E-state index contributed by atoms with van der Waals surface area (Å²) in [6.07, 6.45) is 2.31. The average molecular weight is 630 g/mol. The first-order valence-electron chi connectivity index (χ1n) is 11.3. The zero-order valence-electron chi connectivity index (χ0n) is 19.7. The van der Waals surface area contributed by atoms with Gasteiger partial charge in [0.05, 0.1) is 0 Å². The summed E-state index contributed by atoms with van der Waals surface area (Å²) in [4.78, 5) is 0. The summed E-state index contributed by atoms with van der Waals surface area (Å²) in [5, 5.41) is 2.60. The van der Waals surface area contributed by atoms with E-state index in [1.807, 2.05) is 0 Å². The van der Waals surface area contributed by atoms with Gasteiger partial charge in [0.2, 0.25) is 0 Å². The van der Waals surface area contributed by atoms with Gasteiger partial charge in [0.25, 0.3) is 0 Å². The van der Waals surface area contributed by atoms with Gasteiger partial charge < -0.3 is 0 Å². The Morgan fingerprint density at radius 3 is 2.48 bits per heavy atom. The number of hydrogen-bond acceptors (Lipinski definition) is 1. The van der Waals surface area contributed by atoms with Crippen LogP contribution in [0.2, 0.25) is 0 Å². The van der Waals surface area contributed by atoms with Crippen molar-refractivity contribution in [3.63, 3.8) is 0 Å². The van der Waals surface area contributed by atoms with Gasteiger partial charge in [0.1, 0.15) is 0 Å². The van der Waals surface area contributed by atoms with Gasteiger partial charge in [0, 0.05) is 0 Å². The van der Waals surface area contributed by atoms with Crippen molar-refractivity contribution in [2.45, 2.75) is 26.2 Å². The van der Waals surface area contributed by atoms with Crippen molar-refractivity contribution < 1.29 is 9.30 Å². The fourth-order valence-corrected chi connectivity index (χ4v) is 6.75. The van der Waals surface area contributed by atoms with Gasteiger partial charge in [-0.15, -0.1) is 0 Å². The summed E-state index contributed by atoms with van der Waals surface area (Å²) in [6, 6.07) is 22.5. The van der Waals surface area contributed by atoms with Crippen LogP contribution in [0.5, 0.6) is 5.75 Å². The Labute approximate surface area is 209 Å². The quantitative estimate of drug-likeness (QED) is 0.208. The van der Waals surface area contributed by atoms with Gasteiger partial charge in [-0.3, -0.25) is 0 Å². The standard InChI is InChI=1S/C29H26N2O.Bi.2H/c1-18-26(32-5)15-14-21-20-11-7-9-13-25(20)31(28(18)21)27-16-24-22(17-30(27)4)19-10-6-8-12-23(19)29(24,2)3;;;/h6,8-17H,1-5H3;;;/q+1;;;. The fraction of sp³-hybridized carbons (Fsp3) is 0.207. The number of benzene rings is 3. The molecule has 1 aliphatic carbocycles. The van der Waals surface area contributed by atoms with E-state index >= 15 is 0 Å².